The molecule has 1 saturated carbocycles. The van der Waals surface area contributed by atoms with Gasteiger partial charge in [0.2, 0.25) is 0 Å². The minimum atomic E-state index is -0.407. The second kappa shape index (κ2) is 11.2. The summed E-state index contributed by atoms with van der Waals surface area (Å²) in [6.07, 6.45) is 7.93. The number of aryl methyl sites for hydroxylation is 1. The molecule has 3 aromatic rings. The molecule has 8 heteroatoms. The third kappa shape index (κ3) is 5.29. The Labute approximate surface area is 236 Å². The summed E-state index contributed by atoms with van der Waals surface area (Å²) in [4.78, 5) is 18.2. The van der Waals surface area contributed by atoms with Gasteiger partial charge in [0.15, 0.2) is 0 Å². The largest absolute Gasteiger partial charge is 0.377 e. The van der Waals surface area contributed by atoms with E-state index in [0.717, 1.165) is 53.9 Å². The summed E-state index contributed by atoms with van der Waals surface area (Å²) < 4.78 is 22.0. The number of aromatic nitrogens is 2. The van der Waals surface area contributed by atoms with Crippen LogP contribution < -0.4 is 5.73 Å². The van der Waals surface area contributed by atoms with E-state index in [4.69, 9.17) is 10.5 Å². The van der Waals surface area contributed by atoms with Crippen molar-refractivity contribution in [2.75, 3.05) is 32.8 Å². The Hall–Kier alpha value is -2.81. The van der Waals surface area contributed by atoms with E-state index in [1.807, 2.05) is 24.9 Å². The molecule has 40 heavy (non-hydrogen) atoms. The topological polar surface area (TPSA) is 76.6 Å². The molecule has 2 aliphatic heterocycles. The highest BCUT2D eigenvalue weighted by atomic mass is 19.1. The highest BCUT2D eigenvalue weighted by molar-refractivity contribution is 6.05. The van der Waals surface area contributed by atoms with E-state index in [-0.39, 0.29) is 11.9 Å². The van der Waals surface area contributed by atoms with Crippen LogP contribution in [0.1, 0.15) is 67.8 Å². The van der Waals surface area contributed by atoms with E-state index in [1.54, 1.807) is 11.0 Å². The van der Waals surface area contributed by atoms with Crippen LogP contribution >= 0.6 is 0 Å². The zero-order chi connectivity index (χ0) is 28.0. The summed E-state index contributed by atoms with van der Waals surface area (Å²) >= 11 is 0. The van der Waals surface area contributed by atoms with Gasteiger partial charge >= 0.3 is 0 Å². The lowest BCUT2D eigenvalue weighted by Gasteiger charge is -2.45. The molecule has 1 aromatic heterocycles. The number of carbonyl (C=O) groups excluding carboxylic acids is 1. The molecule has 214 valence electrons. The lowest BCUT2D eigenvalue weighted by molar-refractivity contribution is 0.00361. The van der Waals surface area contributed by atoms with Crippen molar-refractivity contribution in [3.63, 3.8) is 0 Å². The first-order valence-electron chi connectivity index (χ1n) is 14.9. The van der Waals surface area contributed by atoms with Crippen LogP contribution in [0.3, 0.4) is 0 Å². The molecular formula is C32H42FN5O2. The highest BCUT2D eigenvalue weighted by Crippen LogP contribution is 2.39. The summed E-state index contributed by atoms with van der Waals surface area (Å²) in [5, 5.41) is 5.52. The molecule has 2 aromatic carbocycles. The molecular weight excluding hydrogens is 505 g/mol. The number of hydrogen-bond donors (Lipinski definition) is 1. The van der Waals surface area contributed by atoms with Crippen molar-refractivity contribution in [3.05, 3.63) is 53.5 Å². The van der Waals surface area contributed by atoms with Gasteiger partial charge in [0, 0.05) is 50.1 Å². The molecule has 1 unspecified atom stereocenters. The van der Waals surface area contributed by atoms with Crippen LogP contribution in [-0.4, -0.2) is 76.5 Å². The number of fused-ring (bicyclic) bond motifs is 1. The fourth-order valence-electron chi connectivity index (χ4n) is 6.98. The van der Waals surface area contributed by atoms with Crippen molar-refractivity contribution in [1.29, 1.82) is 0 Å². The van der Waals surface area contributed by atoms with Crippen molar-refractivity contribution >= 4 is 16.8 Å². The predicted molar refractivity (Wildman–Crippen MR) is 156 cm³/mol. The van der Waals surface area contributed by atoms with Gasteiger partial charge in [-0.05, 0) is 92.8 Å². The quantitative estimate of drug-likeness (QED) is 0.473. The van der Waals surface area contributed by atoms with Gasteiger partial charge in [-0.15, -0.1) is 0 Å². The maximum absolute atomic E-state index is 14.6. The number of morpholine rings is 1. The Balaban J connectivity index is 1.27. The number of likely N-dealkylation sites (tertiary alicyclic amines) is 1. The lowest BCUT2D eigenvalue weighted by Crippen LogP contribution is -2.50. The van der Waals surface area contributed by atoms with E-state index in [9.17, 15) is 9.18 Å². The summed E-state index contributed by atoms with van der Waals surface area (Å²) in [7, 11) is 1.95. The van der Waals surface area contributed by atoms with E-state index < -0.39 is 5.82 Å². The molecule has 0 radical (unpaired) electrons. The van der Waals surface area contributed by atoms with E-state index >= 15 is 0 Å². The average molecular weight is 548 g/mol. The van der Waals surface area contributed by atoms with Crippen molar-refractivity contribution < 1.29 is 13.9 Å². The Morgan fingerprint density at radius 3 is 2.67 bits per heavy atom. The first-order valence-corrected chi connectivity index (χ1v) is 14.9. The fraction of sp³-hybridized carbons (Fsp3) is 0.562. The van der Waals surface area contributed by atoms with Gasteiger partial charge in [0.25, 0.3) is 5.91 Å². The number of nitrogens with two attached hydrogens (primary N) is 1. The molecule has 2 saturated heterocycles. The SMILES string of the molecule is CC(CC1CCC(N)CC1)N1CC(c2cc(-c3ccc(F)cc3C(=O)N3CCOC[C@H]3C)c3cnn(C)c3c2)C1. The zero-order valence-corrected chi connectivity index (χ0v) is 24.0. The summed E-state index contributed by atoms with van der Waals surface area (Å²) in [6, 6.07) is 9.95. The molecule has 1 aliphatic carbocycles. The van der Waals surface area contributed by atoms with Crippen molar-refractivity contribution in [1.82, 2.24) is 19.6 Å². The second-order valence-electron chi connectivity index (χ2n) is 12.4. The average Bonchev–Trinajstić information content (AvgIpc) is 3.29. The normalized spacial score (nSPS) is 25.2. The standard InChI is InChI=1S/C32H42FN5O2/c1-20(12-22-4-7-26(34)8-5-22)37-17-24(18-37)23-13-28(30-16-35-36(3)31(30)14-23)27-9-6-25(33)15-29(27)32(39)38-10-11-40-19-21(38)2/h6,9,13-16,20-22,24,26H,4-5,7-8,10-12,17-19,34H2,1-3H3/t20?,21-,22?,26?/m1/s1. The molecule has 7 nitrogen and oxygen atoms in total. The van der Waals surface area contributed by atoms with Crippen molar-refractivity contribution in [3.8, 4) is 11.1 Å². The number of hydrogen-bond acceptors (Lipinski definition) is 5. The Morgan fingerprint density at radius 2 is 1.93 bits per heavy atom. The maximum Gasteiger partial charge on any atom is 0.254 e. The van der Waals surface area contributed by atoms with Crippen molar-refractivity contribution in [2.24, 2.45) is 18.7 Å². The first kappa shape index (κ1) is 27.4. The lowest BCUT2D eigenvalue weighted by atomic mass is 9.81. The molecule has 3 heterocycles. The highest BCUT2D eigenvalue weighted by Gasteiger charge is 2.34. The number of halogens is 1. The molecule has 3 fully saturated rings. The third-order valence-electron chi connectivity index (χ3n) is 9.59. The van der Waals surface area contributed by atoms with Crippen LogP contribution in [0, 0.1) is 11.7 Å². The van der Waals surface area contributed by atoms with Gasteiger partial charge in [-0.2, -0.15) is 5.10 Å². The molecule has 0 bridgehead atoms. The summed E-state index contributed by atoms with van der Waals surface area (Å²) in [6.45, 7) is 7.87. The van der Waals surface area contributed by atoms with Gasteiger partial charge in [-0.1, -0.05) is 6.07 Å². The van der Waals surface area contributed by atoms with Gasteiger partial charge in [0.1, 0.15) is 5.82 Å². The molecule has 6 rings (SSSR count). The van der Waals surface area contributed by atoms with Crippen LogP contribution in [0.2, 0.25) is 0 Å². The Kier molecular flexibility index (Phi) is 7.68. The Bertz CT molecular complexity index is 1380. The van der Waals surface area contributed by atoms with E-state index in [0.29, 0.717) is 43.3 Å². The first-order chi connectivity index (χ1) is 19.3. The smallest absolute Gasteiger partial charge is 0.254 e. The molecule has 3 aliphatic rings. The second-order valence-corrected chi connectivity index (χ2v) is 12.4. The van der Waals surface area contributed by atoms with Gasteiger partial charge in [-0.25, -0.2) is 4.39 Å². The van der Waals surface area contributed by atoms with Gasteiger partial charge < -0.3 is 15.4 Å². The number of nitrogens with zero attached hydrogens (tertiary/aromatic N) is 4. The molecule has 1 amide bonds. The number of carbonyl (C=O) groups is 1. The number of ether oxygens (including phenoxy) is 1. The van der Waals surface area contributed by atoms with E-state index in [2.05, 4.69) is 29.1 Å². The monoisotopic (exact) mass is 547 g/mol. The van der Waals surface area contributed by atoms with Gasteiger partial charge in [-0.3, -0.25) is 14.4 Å². The van der Waals surface area contributed by atoms with Crippen LogP contribution in [-0.2, 0) is 11.8 Å². The number of amides is 1. The molecule has 2 N–H and O–H groups in total. The number of benzene rings is 2. The van der Waals surface area contributed by atoms with Crippen LogP contribution in [0.25, 0.3) is 22.0 Å². The summed E-state index contributed by atoms with van der Waals surface area (Å²) in [5.74, 6) is 0.643. The predicted octanol–water partition coefficient (Wildman–Crippen LogP) is 4.94. The number of rotatable bonds is 6. The van der Waals surface area contributed by atoms with E-state index in [1.165, 1.54) is 37.0 Å². The van der Waals surface area contributed by atoms with Crippen LogP contribution in [0.5, 0.6) is 0 Å². The van der Waals surface area contributed by atoms with Gasteiger partial charge in [0.05, 0.1) is 36.5 Å². The fourth-order valence-corrected chi connectivity index (χ4v) is 6.98. The Morgan fingerprint density at radius 1 is 1.15 bits per heavy atom. The minimum absolute atomic E-state index is 0.0598. The minimum Gasteiger partial charge on any atom is -0.377 e. The van der Waals surface area contributed by atoms with Crippen LogP contribution in [0.4, 0.5) is 4.39 Å². The molecule has 0 spiro atoms. The van der Waals surface area contributed by atoms with Crippen LogP contribution in [0.15, 0.2) is 36.5 Å². The van der Waals surface area contributed by atoms with Crippen molar-refractivity contribution in [2.45, 2.75) is 70.0 Å². The maximum atomic E-state index is 14.6. The third-order valence-corrected chi connectivity index (χ3v) is 9.59. The zero-order valence-electron chi connectivity index (χ0n) is 24.0. The molecule has 2 atom stereocenters. The summed E-state index contributed by atoms with van der Waals surface area (Å²) in [5.41, 5.74) is 10.5.